The van der Waals surface area contributed by atoms with Crippen molar-refractivity contribution in [3.8, 4) is 11.5 Å². The third kappa shape index (κ3) is 5.20. The summed E-state index contributed by atoms with van der Waals surface area (Å²) in [5.74, 6) is 1.37. The van der Waals surface area contributed by atoms with Crippen LogP contribution in [0, 0.1) is 0 Å². The minimum absolute atomic E-state index is 0.109. The van der Waals surface area contributed by atoms with Gasteiger partial charge in [0.2, 0.25) is 0 Å². The highest BCUT2D eigenvalue weighted by Gasteiger charge is 2.20. The number of benzene rings is 1. The van der Waals surface area contributed by atoms with E-state index in [9.17, 15) is 4.79 Å². The molecule has 2 heterocycles. The van der Waals surface area contributed by atoms with Crippen molar-refractivity contribution < 1.29 is 14.3 Å². The van der Waals surface area contributed by atoms with Crippen LogP contribution in [-0.2, 0) is 4.74 Å². The van der Waals surface area contributed by atoms with Crippen LogP contribution in [0.3, 0.4) is 0 Å². The van der Waals surface area contributed by atoms with Gasteiger partial charge >= 0.3 is 6.03 Å². The Bertz CT molecular complexity index is 685. The lowest BCUT2D eigenvalue weighted by Crippen LogP contribution is -2.41. The van der Waals surface area contributed by atoms with Gasteiger partial charge in [-0.3, -0.25) is 4.98 Å². The van der Waals surface area contributed by atoms with Crippen LogP contribution in [0.1, 0.15) is 26.2 Å². The maximum Gasteiger partial charge on any atom is 0.321 e. The first-order chi connectivity index (χ1) is 12.7. The molecule has 1 fully saturated rings. The van der Waals surface area contributed by atoms with Crippen LogP contribution < -0.4 is 10.1 Å². The largest absolute Gasteiger partial charge is 0.456 e. The monoisotopic (exact) mass is 355 g/mol. The average Bonchev–Trinajstić information content (AvgIpc) is 2.69. The second-order valence-electron chi connectivity index (χ2n) is 6.27. The molecule has 0 unspecified atom stereocenters. The molecule has 1 atom stereocenters. The van der Waals surface area contributed by atoms with Gasteiger partial charge in [0.15, 0.2) is 0 Å². The Morgan fingerprint density at radius 3 is 2.77 bits per heavy atom. The Balaban J connectivity index is 1.54. The van der Waals surface area contributed by atoms with Gasteiger partial charge in [0, 0.05) is 31.6 Å². The molecule has 0 radical (unpaired) electrons. The van der Waals surface area contributed by atoms with Gasteiger partial charge in [0.05, 0.1) is 12.3 Å². The van der Waals surface area contributed by atoms with Gasteiger partial charge in [-0.15, -0.1) is 0 Å². The van der Waals surface area contributed by atoms with E-state index in [1.54, 1.807) is 17.3 Å². The summed E-state index contributed by atoms with van der Waals surface area (Å²) in [5, 5.41) is 2.94. The third-order valence-electron chi connectivity index (χ3n) is 4.34. The van der Waals surface area contributed by atoms with Gasteiger partial charge in [0.25, 0.3) is 0 Å². The Morgan fingerprint density at radius 2 is 2.12 bits per heavy atom. The van der Waals surface area contributed by atoms with Crippen LogP contribution in [0.15, 0.2) is 48.8 Å². The zero-order valence-corrected chi connectivity index (χ0v) is 15.1. The summed E-state index contributed by atoms with van der Waals surface area (Å²) in [5.41, 5.74) is 0.733. The predicted octanol–water partition coefficient (Wildman–Crippen LogP) is 4.30. The van der Waals surface area contributed by atoms with E-state index in [0.29, 0.717) is 24.6 Å². The van der Waals surface area contributed by atoms with Crippen molar-refractivity contribution in [3.63, 3.8) is 0 Å². The molecule has 6 heteroatoms. The standard InChI is InChI=1S/C20H25N3O3/c1-2-23(15-19-6-3-4-13-25-19)20(24)22-16-8-10-17(11-9-16)26-18-7-5-12-21-14-18/h5,7-12,14,19H,2-4,6,13,15H2,1H3,(H,22,24)/t19-/m1/s1. The number of hydrogen-bond acceptors (Lipinski definition) is 4. The van der Waals surface area contributed by atoms with Crippen LogP contribution >= 0.6 is 0 Å². The molecular formula is C20H25N3O3. The maximum absolute atomic E-state index is 12.5. The van der Waals surface area contributed by atoms with Crippen molar-refractivity contribution in [2.24, 2.45) is 0 Å². The molecule has 6 nitrogen and oxygen atoms in total. The molecule has 2 aromatic rings. The van der Waals surface area contributed by atoms with Crippen LogP contribution in [0.2, 0.25) is 0 Å². The summed E-state index contributed by atoms with van der Waals surface area (Å²) in [6, 6.07) is 10.9. The number of hydrogen-bond donors (Lipinski definition) is 1. The van der Waals surface area contributed by atoms with E-state index in [1.165, 1.54) is 6.42 Å². The molecule has 1 aliphatic rings. The average molecular weight is 355 g/mol. The molecule has 1 saturated heterocycles. The fraction of sp³-hybridized carbons (Fsp3) is 0.400. The number of carbonyl (C=O) groups excluding carboxylic acids is 1. The summed E-state index contributed by atoms with van der Waals surface area (Å²) in [4.78, 5) is 18.3. The number of ether oxygens (including phenoxy) is 2. The molecule has 1 aromatic heterocycles. The van der Waals surface area contributed by atoms with Crippen LogP contribution in [-0.4, -0.2) is 41.7 Å². The summed E-state index contributed by atoms with van der Waals surface area (Å²) in [6.07, 6.45) is 6.80. The highest BCUT2D eigenvalue weighted by Crippen LogP contribution is 2.22. The van der Waals surface area contributed by atoms with Crippen molar-refractivity contribution in [3.05, 3.63) is 48.8 Å². The summed E-state index contributed by atoms with van der Waals surface area (Å²) >= 11 is 0. The number of amides is 2. The summed E-state index contributed by atoms with van der Waals surface area (Å²) in [7, 11) is 0. The van der Waals surface area contributed by atoms with E-state index >= 15 is 0 Å². The van der Waals surface area contributed by atoms with Gasteiger partial charge < -0.3 is 19.7 Å². The molecule has 0 saturated carbocycles. The number of nitrogens with one attached hydrogen (secondary N) is 1. The first kappa shape index (κ1) is 18.2. The number of urea groups is 1. The van der Waals surface area contributed by atoms with E-state index < -0.39 is 0 Å². The SMILES string of the molecule is CCN(C[C@H]1CCCCO1)C(=O)Nc1ccc(Oc2cccnc2)cc1. The van der Waals surface area contributed by atoms with Crippen molar-refractivity contribution in [2.45, 2.75) is 32.3 Å². The summed E-state index contributed by atoms with van der Waals surface area (Å²) < 4.78 is 11.4. The number of pyridine rings is 1. The second-order valence-corrected chi connectivity index (χ2v) is 6.27. The number of carbonyl (C=O) groups is 1. The molecule has 2 amide bonds. The van der Waals surface area contributed by atoms with Crippen molar-refractivity contribution >= 4 is 11.7 Å². The molecule has 1 N–H and O–H groups in total. The molecular weight excluding hydrogens is 330 g/mol. The minimum atomic E-state index is -0.109. The fourth-order valence-corrected chi connectivity index (χ4v) is 2.91. The topological polar surface area (TPSA) is 63.7 Å². The van der Waals surface area contributed by atoms with Crippen LogP contribution in [0.25, 0.3) is 0 Å². The fourth-order valence-electron chi connectivity index (χ4n) is 2.91. The minimum Gasteiger partial charge on any atom is -0.456 e. The first-order valence-corrected chi connectivity index (χ1v) is 9.10. The molecule has 138 valence electrons. The molecule has 0 spiro atoms. The van der Waals surface area contributed by atoms with Gasteiger partial charge in [0.1, 0.15) is 11.5 Å². The first-order valence-electron chi connectivity index (χ1n) is 9.10. The number of likely N-dealkylation sites (N-methyl/N-ethyl adjacent to an activating group) is 1. The quantitative estimate of drug-likeness (QED) is 0.839. The second kappa shape index (κ2) is 9.20. The van der Waals surface area contributed by atoms with Crippen molar-refractivity contribution in [2.75, 3.05) is 25.0 Å². The highest BCUT2D eigenvalue weighted by atomic mass is 16.5. The van der Waals surface area contributed by atoms with Crippen LogP contribution in [0.4, 0.5) is 10.5 Å². The molecule has 26 heavy (non-hydrogen) atoms. The van der Waals surface area contributed by atoms with E-state index in [2.05, 4.69) is 10.3 Å². The van der Waals surface area contributed by atoms with Gasteiger partial charge in [-0.1, -0.05) is 0 Å². The van der Waals surface area contributed by atoms with Gasteiger partial charge in [-0.25, -0.2) is 4.79 Å². The number of rotatable bonds is 6. The third-order valence-corrected chi connectivity index (χ3v) is 4.34. The highest BCUT2D eigenvalue weighted by molar-refractivity contribution is 5.89. The lowest BCUT2D eigenvalue weighted by molar-refractivity contribution is 0.00221. The van der Waals surface area contributed by atoms with E-state index in [0.717, 1.165) is 25.1 Å². The maximum atomic E-state index is 12.5. The molecule has 0 aliphatic carbocycles. The lowest BCUT2D eigenvalue weighted by atomic mass is 10.1. The Hall–Kier alpha value is -2.60. The molecule has 1 aliphatic heterocycles. The molecule has 0 bridgehead atoms. The zero-order valence-electron chi connectivity index (χ0n) is 15.1. The summed E-state index contributed by atoms with van der Waals surface area (Å²) in [6.45, 7) is 4.05. The van der Waals surface area contributed by atoms with Crippen molar-refractivity contribution in [1.29, 1.82) is 0 Å². The van der Waals surface area contributed by atoms with E-state index in [1.807, 2.05) is 43.3 Å². The van der Waals surface area contributed by atoms with E-state index in [-0.39, 0.29) is 12.1 Å². The van der Waals surface area contributed by atoms with Crippen LogP contribution in [0.5, 0.6) is 11.5 Å². The normalized spacial score (nSPS) is 16.7. The predicted molar refractivity (Wildman–Crippen MR) is 101 cm³/mol. The Morgan fingerprint density at radius 1 is 1.27 bits per heavy atom. The smallest absolute Gasteiger partial charge is 0.321 e. The Kier molecular flexibility index (Phi) is 6.44. The number of anilines is 1. The lowest BCUT2D eigenvalue weighted by Gasteiger charge is -2.29. The molecule has 1 aromatic carbocycles. The molecule has 3 rings (SSSR count). The van der Waals surface area contributed by atoms with Crippen molar-refractivity contribution in [1.82, 2.24) is 9.88 Å². The number of nitrogens with zero attached hydrogens (tertiary/aromatic N) is 2. The van der Waals surface area contributed by atoms with Gasteiger partial charge in [-0.2, -0.15) is 0 Å². The van der Waals surface area contributed by atoms with Gasteiger partial charge in [-0.05, 0) is 62.6 Å². The van der Waals surface area contributed by atoms with E-state index in [4.69, 9.17) is 9.47 Å². The number of aromatic nitrogens is 1. The zero-order chi connectivity index (χ0) is 18.2. The Labute approximate surface area is 154 Å².